The minimum atomic E-state index is -0.321. The molecule has 0 bridgehead atoms. The Hall–Kier alpha value is 0.140. The van der Waals surface area contributed by atoms with E-state index in [-0.39, 0.29) is 17.1 Å². The highest BCUT2D eigenvalue weighted by atomic mass is 79.9. The van der Waals surface area contributed by atoms with Crippen molar-refractivity contribution in [1.82, 2.24) is 0 Å². The van der Waals surface area contributed by atoms with Crippen LogP contribution in [0.2, 0.25) is 0 Å². The first kappa shape index (κ1) is 12.2. The maximum atomic E-state index is 5.79. The number of rotatable bonds is 3. The van der Waals surface area contributed by atoms with Crippen LogP contribution in [0, 0.1) is 5.41 Å². The third-order valence-corrected chi connectivity index (χ3v) is 4.23. The van der Waals surface area contributed by atoms with Crippen LogP contribution in [0.5, 0.6) is 0 Å². The summed E-state index contributed by atoms with van der Waals surface area (Å²) in [5.41, 5.74) is -0.334. The Balaban J connectivity index is 3.00. The molecule has 0 heterocycles. The second-order valence-corrected chi connectivity index (χ2v) is 5.29. The smallest absolute Gasteiger partial charge is 0.111 e. The molecule has 0 aromatic heterocycles. The number of halogens is 1. The summed E-state index contributed by atoms with van der Waals surface area (Å²) < 4.78 is 12.5. The van der Waals surface area contributed by atoms with E-state index in [2.05, 4.69) is 42.8 Å². The Morgan fingerprint density at radius 3 is 2.43 bits per heavy atom. The van der Waals surface area contributed by atoms with Crippen LogP contribution in [0.4, 0.5) is 0 Å². The fraction of sp³-hybridized carbons (Fsp3) is 0.818. The first-order valence-corrected chi connectivity index (χ1v) is 5.73. The molecule has 1 rings (SSSR count). The zero-order valence-corrected chi connectivity index (χ0v) is 11.1. The van der Waals surface area contributed by atoms with E-state index in [1.807, 2.05) is 6.92 Å². The van der Waals surface area contributed by atoms with Gasteiger partial charge in [-0.3, -0.25) is 0 Å². The summed E-state index contributed by atoms with van der Waals surface area (Å²) in [6.45, 7) is 9.11. The number of hydrogen-bond acceptors (Lipinski definition) is 2. The molecule has 0 saturated carbocycles. The van der Waals surface area contributed by atoms with Crippen molar-refractivity contribution in [3.8, 4) is 0 Å². The van der Waals surface area contributed by atoms with Gasteiger partial charge in [0, 0.05) is 23.6 Å². The Morgan fingerprint density at radius 2 is 2.00 bits per heavy atom. The molecule has 0 radical (unpaired) electrons. The molecule has 14 heavy (non-hydrogen) atoms. The van der Waals surface area contributed by atoms with Gasteiger partial charge in [-0.05, 0) is 19.9 Å². The van der Waals surface area contributed by atoms with Crippen LogP contribution in [0.25, 0.3) is 0 Å². The van der Waals surface area contributed by atoms with Crippen molar-refractivity contribution in [3.05, 3.63) is 10.6 Å². The molecular formula is C11H19BrO2. The van der Waals surface area contributed by atoms with Crippen molar-refractivity contribution in [2.45, 2.75) is 39.4 Å². The predicted molar refractivity (Wildman–Crippen MR) is 61.6 cm³/mol. The topological polar surface area (TPSA) is 18.5 Å². The molecule has 0 spiro atoms. The Bertz CT molecular complexity index is 248. The van der Waals surface area contributed by atoms with Gasteiger partial charge < -0.3 is 9.47 Å². The molecule has 0 saturated heterocycles. The van der Waals surface area contributed by atoms with E-state index in [1.54, 1.807) is 7.11 Å². The molecule has 0 aromatic carbocycles. The van der Waals surface area contributed by atoms with Gasteiger partial charge in [0.05, 0.1) is 6.10 Å². The van der Waals surface area contributed by atoms with E-state index >= 15 is 0 Å². The fourth-order valence-corrected chi connectivity index (χ4v) is 2.72. The van der Waals surface area contributed by atoms with E-state index < -0.39 is 0 Å². The summed E-state index contributed by atoms with van der Waals surface area (Å²) in [6.07, 6.45) is 2.17. The Kier molecular flexibility index (Phi) is 3.45. The maximum absolute atomic E-state index is 5.79. The number of ether oxygens (including phenoxy) is 2. The van der Waals surface area contributed by atoms with Crippen LogP contribution >= 0.6 is 15.9 Å². The third kappa shape index (κ3) is 1.77. The standard InChI is InChI=1S/C11H19BrO2/c1-6-14-9-10(2,3)8(12)7-11(9,4)13-5/h7,9H,6H2,1-5H3/t9-,11-/m0/s1/i7+1. The first-order chi connectivity index (χ1) is 6.38. The van der Waals surface area contributed by atoms with Gasteiger partial charge in [-0.1, -0.05) is 29.8 Å². The fourth-order valence-electron chi connectivity index (χ4n) is 2.06. The molecule has 82 valence electrons. The average molecular weight is 264 g/mol. The second kappa shape index (κ2) is 3.95. The van der Waals surface area contributed by atoms with Gasteiger partial charge in [0.1, 0.15) is 5.60 Å². The van der Waals surface area contributed by atoms with Gasteiger partial charge in [0.2, 0.25) is 0 Å². The van der Waals surface area contributed by atoms with Crippen LogP contribution in [0.15, 0.2) is 10.6 Å². The molecule has 1 aliphatic carbocycles. The lowest BCUT2D eigenvalue weighted by Crippen LogP contribution is -2.45. The van der Waals surface area contributed by atoms with Crippen LogP contribution in [0.3, 0.4) is 0 Å². The largest absolute Gasteiger partial charge is 0.374 e. The van der Waals surface area contributed by atoms with Gasteiger partial charge in [-0.25, -0.2) is 0 Å². The summed E-state index contributed by atoms with van der Waals surface area (Å²) in [5, 5.41) is 0. The van der Waals surface area contributed by atoms with E-state index in [0.717, 1.165) is 4.48 Å². The van der Waals surface area contributed by atoms with Gasteiger partial charge in [0.25, 0.3) is 0 Å². The second-order valence-electron chi connectivity index (χ2n) is 4.44. The summed E-state index contributed by atoms with van der Waals surface area (Å²) in [7, 11) is 1.73. The molecule has 0 N–H and O–H groups in total. The van der Waals surface area contributed by atoms with Crippen molar-refractivity contribution < 1.29 is 9.47 Å². The van der Waals surface area contributed by atoms with Crippen LogP contribution in [0.1, 0.15) is 27.7 Å². The number of hydrogen-bond donors (Lipinski definition) is 0. The predicted octanol–water partition coefficient (Wildman–Crippen LogP) is 3.12. The zero-order chi connectivity index (χ0) is 11.0. The maximum Gasteiger partial charge on any atom is 0.111 e. The molecular weight excluding hydrogens is 245 g/mol. The van der Waals surface area contributed by atoms with E-state index in [4.69, 9.17) is 9.47 Å². The van der Waals surface area contributed by atoms with Crippen LogP contribution in [-0.4, -0.2) is 25.4 Å². The normalized spacial score (nSPS) is 35.9. The van der Waals surface area contributed by atoms with Gasteiger partial charge in [-0.2, -0.15) is 0 Å². The molecule has 0 unspecified atom stereocenters. The summed E-state index contributed by atoms with van der Waals surface area (Å²) >= 11 is 3.59. The summed E-state index contributed by atoms with van der Waals surface area (Å²) in [4.78, 5) is 0. The lowest BCUT2D eigenvalue weighted by molar-refractivity contribution is -0.114. The Labute approximate surface area is 94.8 Å². The van der Waals surface area contributed by atoms with Crippen LogP contribution in [-0.2, 0) is 9.47 Å². The molecule has 0 aliphatic heterocycles. The molecule has 2 nitrogen and oxygen atoms in total. The molecule has 0 amide bonds. The van der Waals surface area contributed by atoms with Crippen molar-refractivity contribution in [1.29, 1.82) is 0 Å². The highest BCUT2D eigenvalue weighted by molar-refractivity contribution is 9.11. The van der Waals surface area contributed by atoms with Crippen LogP contribution < -0.4 is 0 Å². The average Bonchev–Trinajstić information content (AvgIpc) is 2.28. The van der Waals surface area contributed by atoms with Gasteiger partial charge >= 0.3 is 0 Å². The van der Waals surface area contributed by atoms with E-state index in [1.165, 1.54) is 0 Å². The molecule has 0 aromatic rings. The van der Waals surface area contributed by atoms with Crippen molar-refractivity contribution in [2.24, 2.45) is 5.41 Å². The molecule has 2 atom stereocenters. The first-order valence-electron chi connectivity index (χ1n) is 4.94. The summed E-state index contributed by atoms with van der Waals surface area (Å²) in [5.74, 6) is 0. The molecule has 3 heteroatoms. The quantitative estimate of drug-likeness (QED) is 0.729. The summed E-state index contributed by atoms with van der Waals surface area (Å²) in [6, 6.07) is 0. The third-order valence-electron chi connectivity index (χ3n) is 2.98. The van der Waals surface area contributed by atoms with E-state index in [0.29, 0.717) is 6.61 Å². The van der Waals surface area contributed by atoms with Crippen molar-refractivity contribution in [2.75, 3.05) is 13.7 Å². The highest BCUT2D eigenvalue weighted by Gasteiger charge is 2.50. The molecule has 1 aliphatic rings. The Morgan fingerprint density at radius 1 is 1.43 bits per heavy atom. The monoisotopic (exact) mass is 263 g/mol. The minimum Gasteiger partial charge on any atom is -0.374 e. The zero-order valence-electron chi connectivity index (χ0n) is 9.56. The number of methoxy groups -OCH3 is 1. The lowest BCUT2D eigenvalue weighted by atomic mass is 9.85. The SMILES string of the molecule is CCO[C@H]1C(C)(C)C(Br)=[13CH][C@]1(C)OC. The van der Waals surface area contributed by atoms with Gasteiger partial charge in [-0.15, -0.1) is 0 Å². The van der Waals surface area contributed by atoms with E-state index in [9.17, 15) is 0 Å². The minimum absolute atomic E-state index is 0.0131. The van der Waals surface area contributed by atoms with Crippen molar-refractivity contribution in [3.63, 3.8) is 0 Å². The van der Waals surface area contributed by atoms with Crippen molar-refractivity contribution >= 4 is 15.9 Å². The van der Waals surface area contributed by atoms with Gasteiger partial charge in [0.15, 0.2) is 0 Å². The molecule has 0 fully saturated rings. The highest BCUT2D eigenvalue weighted by Crippen LogP contribution is 2.49. The lowest BCUT2D eigenvalue weighted by Gasteiger charge is -2.36.